The summed E-state index contributed by atoms with van der Waals surface area (Å²) < 4.78 is 55.6. The predicted octanol–water partition coefficient (Wildman–Crippen LogP) is -0.478. The van der Waals surface area contributed by atoms with Gasteiger partial charge in [0.15, 0.2) is 11.5 Å². The molecule has 2 unspecified atom stereocenters. The van der Waals surface area contributed by atoms with E-state index in [1.54, 1.807) is 6.07 Å². The predicted molar refractivity (Wildman–Crippen MR) is 103 cm³/mol. The fraction of sp³-hybridized carbons (Fsp3) is 0.625. The molecular weight excluding hydrogens is 408 g/mol. The van der Waals surface area contributed by atoms with E-state index >= 15 is 0 Å². The minimum absolute atomic E-state index is 0.0982. The first-order valence-electron chi connectivity index (χ1n) is 9.04. The first kappa shape index (κ1) is 21.3. The summed E-state index contributed by atoms with van der Waals surface area (Å²) in [6, 6.07) is 3.10. The normalized spacial score (nSPS) is 25.6. The van der Waals surface area contributed by atoms with E-state index in [2.05, 4.69) is 11.8 Å². The van der Waals surface area contributed by atoms with Gasteiger partial charge in [-0.15, -0.1) is 0 Å². The van der Waals surface area contributed by atoms with Gasteiger partial charge in [-0.3, -0.25) is 4.90 Å². The number of rotatable bonds is 6. The fourth-order valence-corrected chi connectivity index (χ4v) is 5.16. The van der Waals surface area contributed by atoms with Crippen LogP contribution in [0.25, 0.3) is 0 Å². The lowest BCUT2D eigenvalue weighted by Crippen LogP contribution is -2.65. The Labute approximate surface area is 165 Å². The molecule has 1 aliphatic carbocycles. The van der Waals surface area contributed by atoms with Gasteiger partial charge in [0.1, 0.15) is 0 Å². The lowest BCUT2D eigenvalue weighted by Gasteiger charge is -2.51. The van der Waals surface area contributed by atoms with E-state index in [0.29, 0.717) is 18.4 Å². The molecule has 1 heterocycles. The Hall–Kier alpha value is -1.44. The van der Waals surface area contributed by atoms with Crippen LogP contribution in [0.4, 0.5) is 0 Å². The van der Waals surface area contributed by atoms with Gasteiger partial charge in [-0.2, -0.15) is 27.1 Å². The largest absolute Gasteiger partial charge is 0.380 e. The van der Waals surface area contributed by atoms with Gasteiger partial charge in [-0.05, 0) is 56.8 Å². The molecule has 3 rings (SSSR count). The van der Waals surface area contributed by atoms with Crippen LogP contribution in [0.5, 0.6) is 11.5 Å². The Morgan fingerprint density at radius 3 is 2.46 bits per heavy atom. The van der Waals surface area contributed by atoms with Crippen molar-refractivity contribution >= 4 is 20.6 Å². The van der Waals surface area contributed by atoms with Crippen molar-refractivity contribution in [3.63, 3.8) is 0 Å². The van der Waals surface area contributed by atoms with Crippen LogP contribution in [0.3, 0.4) is 0 Å². The quantitative estimate of drug-likeness (QED) is 0.539. The zero-order chi connectivity index (χ0) is 20.7. The number of hydrogen-bond acceptors (Lipinski definition) is 8. The first-order valence-corrected chi connectivity index (χ1v) is 12.0. The van der Waals surface area contributed by atoms with Crippen molar-refractivity contribution < 1.29 is 25.2 Å². The molecule has 0 amide bonds. The minimum atomic E-state index is -4.42. The number of nitrogens with zero attached hydrogens (tertiary/aromatic N) is 1. The molecule has 0 saturated carbocycles. The standard InChI is InChI=1S/C16H26N4O6S2/c1-2-7-20-8-3-6-16(17)10-12-11(9-14(16)20)4-5-13(25-27(18,21)22)15(12)26-28(19,23)24/h4-5,14H,2-3,6-10,17H2,1H3,(H2,18,21,22)(H2,19,23,24). The first-order chi connectivity index (χ1) is 12.9. The number of nitrogens with two attached hydrogens (primary N) is 3. The van der Waals surface area contributed by atoms with Crippen LogP contribution >= 0.6 is 0 Å². The molecular formula is C16H26N4O6S2. The summed E-state index contributed by atoms with van der Waals surface area (Å²) in [7, 11) is -8.82. The Kier molecular flexibility index (Phi) is 5.64. The van der Waals surface area contributed by atoms with E-state index in [1.807, 2.05) is 0 Å². The number of fused-ring (bicyclic) bond motifs is 2. The third-order valence-electron chi connectivity index (χ3n) is 5.35. The summed E-state index contributed by atoms with van der Waals surface area (Å²) in [5.41, 5.74) is 7.44. The van der Waals surface area contributed by atoms with Gasteiger partial charge in [-0.25, -0.2) is 0 Å². The number of hydrogen-bond donors (Lipinski definition) is 3. The molecule has 1 aliphatic heterocycles. The Bertz CT molecular complexity index is 964. The zero-order valence-electron chi connectivity index (χ0n) is 15.6. The molecule has 0 bridgehead atoms. The molecule has 0 spiro atoms. The van der Waals surface area contributed by atoms with Crippen molar-refractivity contribution in [2.45, 2.75) is 50.6 Å². The molecule has 10 nitrogen and oxygen atoms in total. The van der Waals surface area contributed by atoms with Gasteiger partial charge in [0.05, 0.1) is 0 Å². The van der Waals surface area contributed by atoms with Crippen LogP contribution in [0.15, 0.2) is 12.1 Å². The molecule has 12 heteroatoms. The second kappa shape index (κ2) is 7.43. The maximum absolute atomic E-state index is 11.6. The number of piperidine rings is 1. The highest BCUT2D eigenvalue weighted by atomic mass is 32.2. The highest BCUT2D eigenvalue weighted by Gasteiger charge is 2.46. The Morgan fingerprint density at radius 1 is 1.18 bits per heavy atom. The maximum atomic E-state index is 11.6. The van der Waals surface area contributed by atoms with Gasteiger partial charge < -0.3 is 14.1 Å². The molecule has 1 aromatic rings. The SMILES string of the molecule is CCCN1CCCC2(N)Cc3c(ccc(OS(N)(=O)=O)c3OS(N)(=O)=O)CC12. The summed E-state index contributed by atoms with van der Waals surface area (Å²) in [6.07, 6.45) is 3.57. The molecule has 1 fully saturated rings. The van der Waals surface area contributed by atoms with Crippen molar-refractivity contribution in [3.8, 4) is 11.5 Å². The zero-order valence-corrected chi connectivity index (χ0v) is 17.3. The molecule has 6 N–H and O–H groups in total. The molecule has 0 aromatic heterocycles. The minimum Gasteiger partial charge on any atom is -0.367 e. The van der Waals surface area contributed by atoms with Crippen molar-refractivity contribution in [1.29, 1.82) is 0 Å². The molecule has 0 radical (unpaired) electrons. The third kappa shape index (κ3) is 4.58. The highest BCUT2D eigenvalue weighted by molar-refractivity contribution is 7.85. The fourth-order valence-electron chi connectivity index (χ4n) is 4.36. The second-order valence-corrected chi connectivity index (χ2v) is 9.76. The van der Waals surface area contributed by atoms with E-state index in [4.69, 9.17) is 24.4 Å². The summed E-state index contributed by atoms with van der Waals surface area (Å²) in [4.78, 5) is 2.36. The average molecular weight is 435 g/mol. The van der Waals surface area contributed by atoms with Crippen molar-refractivity contribution in [1.82, 2.24) is 4.90 Å². The number of benzene rings is 1. The molecule has 2 aliphatic rings. The van der Waals surface area contributed by atoms with Gasteiger partial charge in [0.2, 0.25) is 0 Å². The van der Waals surface area contributed by atoms with Gasteiger partial charge in [0, 0.05) is 17.1 Å². The van der Waals surface area contributed by atoms with E-state index in [1.165, 1.54) is 6.07 Å². The van der Waals surface area contributed by atoms with E-state index in [-0.39, 0.29) is 17.5 Å². The molecule has 1 aromatic carbocycles. The van der Waals surface area contributed by atoms with Crippen LogP contribution in [-0.4, -0.2) is 46.4 Å². The maximum Gasteiger partial charge on any atom is 0.380 e. The summed E-state index contributed by atoms with van der Waals surface area (Å²) in [5.74, 6) is -0.608. The van der Waals surface area contributed by atoms with E-state index in [0.717, 1.165) is 37.9 Å². The van der Waals surface area contributed by atoms with Crippen LogP contribution in [0.1, 0.15) is 37.3 Å². The van der Waals surface area contributed by atoms with Crippen molar-refractivity contribution in [2.75, 3.05) is 13.1 Å². The van der Waals surface area contributed by atoms with Crippen LogP contribution in [-0.2, 0) is 33.4 Å². The Balaban J connectivity index is 2.09. The second-order valence-electron chi connectivity index (χ2n) is 7.45. The van der Waals surface area contributed by atoms with E-state index in [9.17, 15) is 16.8 Å². The van der Waals surface area contributed by atoms with Crippen LogP contribution in [0, 0.1) is 0 Å². The lowest BCUT2D eigenvalue weighted by molar-refractivity contribution is 0.0625. The molecule has 28 heavy (non-hydrogen) atoms. The van der Waals surface area contributed by atoms with Crippen molar-refractivity contribution in [2.24, 2.45) is 16.0 Å². The van der Waals surface area contributed by atoms with Crippen LogP contribution < -0.4 is 24.4 Å². The summed E-state index contributed by atoms with van der Waals surface area (Å²) in [5, 5.41) is 9.98. The monoisotopic (exact) mass is 434 g/mol. The summed E-state index contributed by atoms with van der Waals surface area (Å²) >= 11 is 0. The van der Waals surface area contributed by atoms with E-state index < -0.39 is 26.1 Å². The average Bonchev–Trinajstić information content (AvgIpc) is 2.54. The summed E-state index contributed by atoms with van der Waals surface area (Å²) in [6.45, 7) is 3.99. The topological polar surface area (TPSA) is 168 Å². The smallest absolute Gasteiger partial charge is 0.367 e. The molecule has 2 atom stereocenters. The number of likely N-dealkylation sites (tertiary alicyclic amines) is 1. The Morgan fingerprint density at radius 2 is 1.86 bits per heavy atom. The molecule has 158 valence electrons. The van der Waals surface area contributed by atoms with Gasteiger partial charge >= 0.3 is 20.6 Å². The van der Waals surface area contributed by atoms with Crippen LogP contribution in [0.2, 0.25) is 0 Å². The lowest BCUT2D eigenvalue weighted by atomic mass is 9.69. The third-order valence-corrected chi connectivity index (χ3v) is 6.16. The van der Waals surface area contributed by atoms with Crippen molar-refractivity contribution in [3.05, 3.63) is 23.3 Å². The van der Waals surface area contributed by atoms with Gasteiger partial charge in [0.25, 0.3) is 0 Å². The highest BCUT2D eigenvalue weighted by Crippen LogP contribution is 2.44. The van der Waals surface area contributed by atoms with Gasteiger partial charge in [-0.1, -0.05) is 13.0 Å². The molecule has 1 saturated heterocycles.